The third-order valence-electron chi connectivity index (χ3n) is 2.57. The summed E-state index contributed by atoms with van der Waals surface area (Å²) in [5.74, 6) is -0.587. The smallest absolute Gasteiger partial charge is 0.355 e. The molecular formula is C12H17ClN2O4S. The second kappa shape index (κ2) is 6.43. The predicted octanol–water partition coefficient (Wildman–Crippen LogP) is 1.84. The first kappa shape index (κ1) is 16.7. The van der Waals surface area contributed by atoms with Crippen molar-refractivity contribution in [3.05, 3.63) is 28.6 Å². The highest BCUT2D eigenvalue weighted by molar-refractivity contribution is 7.89. The van der Waals surface area contributed by atoms with Gasteiger partial charge in [-0.3, -0.25) is 0 Å². The number of aromatic nitrogens is 1. The molecule has 0 aliphatic heterocycles. The lowest BCUT2D eigenvalue weighted by molar-refractivity contribution is 0.0519. The number of carbonyl (C=O) groups excluding carboxylic acids is 1. The van der Waals surface area contributed by atoms with E-state index in [1.165, 1.54) is 0 Å². The fourth-order valence-electron chi connectivity index (χ4n) is 1.79. The molecule has 0 saturated heterocycles. The van der Waals surface area contributed by atoms with Crippen LogP contribution >= 0.6 is 11.6 Å². The van der Waals surface area contributed by atoms with Crippen molar-refractivity contribution in [3.63, 3.8) is 0 Å². The number of H-pyrrole nitrogens is 1. The highest BCUT2D eigenvalue weighted by Crippen LogP contribution is 2.23. The van der Waals surface area contributed by atoms with Crippen molar-refractivity contribution < 1.29 is 17.9 Å². The van der Waals surface area contributed by atoms with Gasteiger partial charge in [0.25, 0.3) is 0 Å². The van der Waals surface area contributed by atoms with E-state index < -0.39 is 16.0 Å². The maximum atomic E-state index is 12.2. The number of sulfonamides is 1. The summed E-state index contributed by atoms with van der Waals surface area (Å²) >= 11 is 5.54. The van der Waals surface area contributed by atoms with Crippen molar-refractivity contribution >= 4 is 27.6 Å². The van der Waals surface area contributed by atoms with Crippen molar-refractivity contribution in [1.82, 2.24) is 9.71 Å². The minimum atomic E-state index is -3.78. The molecule has 2 N–H and O–H groups in total. The molecule has 1 rings (SSSR count). The Kier molecular flexibility index (Phi) is 5.38. The van der Waals surface area contributed by atoms with Gasteiger partial charge in [-0.25, -0.2) is 17.9 Å². The second-order valence-corrected chi connectivity index (χ2v) is 6.38. The molecule has 6 nitrogen and oxygen atoms in total. The Morgan fingerprint density at radius 3 is 2.55 bits per heavy atom. The van der Waals surface area contributed by atoms with E-state index in [2.05, 4.69) is 16.3 Å². The number of nitrogens with one attached hydrogen (secondary N) is 2. The fraction of sp³-hybridized carbons (Fsp3) is 0.417. The van der Waals surface area contributed by atoms with E-state index >= 15 is 0 Å². The number of esters is 1. The maximum absolute atomic E-state index is 12.2. The molecule has 0 aromatic carbocycles. The number of halogens is 1. The van der Waals surface area contributed by atoms with E-state index in [0.29, 0.717) is 11.3 Å². The number of ether oxygens (including phenoxy) is 1. The summed E-state index contributed by atoms with van der Waals surface area (Å²) in [5, 5.41) is 0.171. The second-order valence-electron chi connectivity index (χ2n) is 4.14. The first-order chi connectivity index (χ1) is 9.20. The van der Waals surface area contributed by atoms with Crippen LogP contribution in [0, 0.1) is 13.8 Å². The van der Waals surface area contributed by atoms with Crippen LogP contribution in [0.15, 0.2) is 16.5 Å². The summed E-state index contributed by atoms with van der Waals surface area (Å²) in [7, 11) is -3.78. The first-order valence-corrected chi connectivity index (χ1v) is 7.76. The van der Waals surface area contributed by atoms with Gasteiger partial charge >= 0.3 is 5.97 Å². The van der Waals surface area contributed by atoms with E-state index in [1.54, 1.807) is 20.8 Å². The van der Waals surface area contributed by atoms with Crippen LogP contribution in [-0.4, -0.2) is 32.5 Å². The largest absolute Gasteiger partial charge is 0.461 e. The summed E-state index contributed by atoms with van der Waals surface area (Å²) in [6.45, 7) is 8.33. The number of aryl methyl sites for hydroxylation is 1. The molecule has 0 radical (unpaired) electrons. The van der Waals surface area contributed by atoms with Gasteiger partial charge in [-0.2, -0.15) is 0 Å². The van der Waals surface area contributed by atoms with E-state index in [0.717, 1.165) is 0 Å². The molecule has 0 spiro atoms. The first-order valence-electron chi connectivity index (χ1n) is 5.90. The number of rotatable bonds is 6. The van der Waals surface area contributed by atoms with Crippen LogP contribution in [0.1, 0.15) is 28.7 Å². The summed E-state index contributed by atoms with van der Waals surface area (Å²) in [6.07, 6.45) is 0. The molecular weight excluding hydrogens is 304 g/mol. The van der Waals surface area contributed by atoms with Crippen molar-refractivity contribution in [2.75, 3.05) is 13.2 Å². The molecule has 1 aromatic heterocycles. The van der Waals surface area contributed by atoms with Gasteiger partial charge in [-0.1, -0.05) is 18.2 Å². The Hall–Kier alpha value is -1.31. The van der Waals surface area contributed by atoms with Gasteiger partial charge in [0, 0.05) is 22.8 Å². The van der Waals surface area contributed by atoms with E-state index in [9.17, 15) is 13.2 Å². The quantitative estimate of drug-likeness (QED) is 0.783. The molecule has 0 saturated carbocycles. The van der Waals surface area contributed by atoms with Crippen molar-refractivity contribution in [2.24, 2.45) is 0 Å². The average molecular weight is 321 g/mol. The molecule has 0 fully saturated rings. The number of aromatic amines is 1. The topological polar surface area (TPSA) is 88.3 Å². The van der Waals surface area contributed by atoms with Crippen molar-refractivity contribution in [2.45, 2.75) is 25.7 Å². The van der Waals surface area contributed by atoms with Crippen LogP contribution in [0.4, 0.5) is 0 Å². The van der Waals surface area contributed by atoms with Crippen LogP contribution in [-0.2, 0) is 14.8 Å². The summed E-state index contributed by atoms with van der Waals surface area (Å²) in [5.41, 5.74) is 0.807. The van der Waals surface area contributed by atoms with Crippen LogP contribution in [0.5, 0.6) is 0 Å². The molecule has 0 aliphatic rings. The molecule has 1 heterocycles. The third-order valence-corrected chi connectivity index (χ3v) is 4.38. The van der Waals surface area contributed by atoms with Gasteiger partial charge in [0.2, 0.25) is 10.0 Å². The van der Waals surface area contributed by atoms with Crippen molar-refractivity contribution in [1.29, 1.82) is 0 Å². The molecule has 8 heteroatoms. The summed E-state index contributed by atoms with van der Waals surface area (Å²) in [6, 6.07) is 0. The van der Waals surface area contributed by atoms with Gasteiger partial charge in [0.05, 0.1) is 6.61 Å². The van der Waals surface area contributed by atoms with Crippen LogP contribution in [0.25, 0.3) is 0 Å². The highest BCUT2D eigenvalue weighted by Gasteiger charge is 2.26. The zero-order valence-corrected chi connectivity index (χ0v) is 13.1. The molecule has 20 heavy (non-hydrogen) atoms. The maximum Gasteiger partial charge on any atom is 0.355 e. The van der Waals surface area contributed by atoms with Crippen molar-refractivity contribution in [3.8, 4) is 0 Å². The molecule has 1 aromatic rings. The Morgan fingerprint density at radius 2 is 2.05 bits per heavy atom. The van der Waals surface area contributed by atoms with Crippen LogP contribution in [0.3, 0.4) is 0 Å². The molecule has 0 bridgehead atoms. The summed E-state index contributed by atoms with van der Waals surface area (Å²) in [4.78, 5) is 14.5. The van der Waals surface area contributed by atoms with E-state index in [1.807, 2.05) is 0 Å². The molecule has 0 amide bonds. The van der Waals surface area contributed by atoms with Gasteiger partial charge in [0.1, 0.15) is 10.6 Å². The minimum absolute atomic E-state index is 0.0264. The third kappa shape index (κ3) is 3.62. The van der Waals surface area contributed by atoms with Gasteiger partial charge in [0.15, 0.2) is 0 Å². The standard InChI is InChI=1S/C12H17ClN2O4S/c1-5-19-12(16)10-8(3)11(9(4)15-10)20(17,18)14-6-7(2)13/h14-15H,2,5-6H2,1,3-4H3. The van der Waals surface area contributed by atoms with E-state index in [4.69, 9.17) is 16.3 Å². The lowest BCUT2D eigenvalue weighted by Crippen LogP contribution is -2.25. The molecule has 0 aliphatic carbocycles. The zero-order valence-electron chi connectivity index (χ0n) is 11.5. The zero-order chi connectivity index (χ0) is 15.5. The van der Waals surface area contributed by atoms with Crippen LogP contribution < -0.4 is 4.72 Å². The highest BCUT2D eigenvalue weighted by atomic mass is 35.5. The predicted molar refractivity (Wildman–Crippen MR) is 76.4 cm³/mol. The molecule has 0 atom stereocenters. The van der Waals surface area contributed by atoms with Gasteiger partial charge in [-0.05, 0) is 20.8 Å². The fourth-order valence-corrected chi connectivity index (χ4v) is 3.40. The monoisotopic (exact) mass is 320 g/mol. The Morgan fingerprint density at radius 1 is 1.45 bits per heavy atom. The number of carbonyl (C=O) groups is 1. The Labute approximate surface area is 123 Å². The Bertz CT molecular complexity index is 634. The SMILES string of the molecule is C=C(Cl)CNS(=O)(=O)c1c(C)[nH]c(C(=O)OCC)c1C. The minimum Gasteiger partial charge on any atom is -0.461 e. The number of hydrogen-bond donors (Lipinski definition) is 2. The lowest BCUT2D eigenvalue weighted by Gasteiger charge is -2.06. The van der Waals surface area contributed by atoms with Gasteiger partial charge in [-0.15, -0.1) is 0 Å². The number of hydrogen-bond acceptors (Lipinski definition) is 4. The average Bonchev–Trinajstić information content (AvgIpc) is 2.63. The van der Waals surface area contributed by atoms with Crippen LogP contribution in [0.2, 0.25) is 0 Å². The van der Waals surface area contributed by atoms with E-state index in [-0.39, 0.29) is 28.8 Å². The van der Waals surface area contributed by atoms with Gasteiger partial charge < -0.3 is 9.72 Å². The summed E-state index contributed by atoms with van der Waals surface area (Å²) < 4.78 is 31.6. The molecule has 112 valence electrons. The lowest BCUT2D eigenvalue weighted by atomic mass is 10.2. The molecule has 0 unspecified atom stereocenters. The normalized spacial score (nSPS) is 11.4. The Balaban J connectivity index is 3.20.